The van der Waals surface area contributed by atoms with Crippen molar-refractivity contribution in [2.75, 3.05) is 24.5 Å². The van der Waals surface area contributed by atoms with Gasteiger partial charge in [0, 0.05) is 42.7 Å². The van der Waals surface area contributed by atoms with Gasteiger partial charge in [0.1, 0.15) is 5.84 Å². The van der Waals surface area contributed by atoms with Gasteiger partial charge >= 0.3 is 0 Å². The van der Waals surface area contributed by atoms with Crippen LogP contribution in [0.15, 0.2) is 47.5 Å². The van der Waals surface area contributed by atoms with E-state index in [4.69, 9.17) is 4.99 Å². The summed E-state index contributed by atoms with van der Waals surface area (Å²) >= 11 is 0. The van der Waals surface area contributed by atoms with Gasteiger partial charge in [-0.15, -0.1) is 0 Å². The smallest absolute Gasteiger partial charge is 0.278 e. The van der Waals surface area contributed by atoms with E-state index in [0.717, 1.165) is 50.2 Å². The van der Waals surface area contributed by atoms with Crippen molar-refractivity contribution < 1.29 is 9.59 Å². The number of fused-ring (bicyclic) bond motifs is 1. The summed E-state index contributed by atoms with van der Waals surface area (Å²) in [5, 5.41) is 3.13. The summed E-state index contributed by atoms with van der Waals surface area (Å²) in [7, 11) is 0. The third-order valence-corrected chi connectivity index (χ3v) is 8.54. The van der Waals surface area contributed by atoms with Gasteiger partial charge in [0.2, 0.25) is 5.91 Å². The van der Waals surface area contributed by atoms with Gasteiger partial charge in [0.25, 0.3) is 5.91 Å². The van der Waals surface area contributed by atoms with Crippen molar-refractivity contribution in [1.29, 1.82) is 0 Å². The van der Waals surface area contributed by atoms with Gasteiger partial charge in [-0.3, -0.25) is 14.5 Å². The molecule has 0 spiro atoms. The second-order valence-corrected chi connectivity index (χ2v) is 12.2. The summed E-state index contributed by atoms with van der Waals surface area (Å²) in [6.07, 6.45) is 8.15. The number of amidine groups is 1. The molecule has 2 amide bonds. The molecule has 1 aliphatic carbocycles. The standard InChI is InChI=1S/C33H44N4O2/c1-23(2)21-34-32(38)26-13-15-29(16-14-26)37-30-19-25(22-36-17-5-4-6-18-36)9-12-28(30)20-31(37)35-33(39)27-10-7-24(3)8-11-27/h7-12,19,23,26,29H,4-6,13-18,20-22H2,1-3H3,(H,34,38). The summed E-state index contributed by atoms with van der Waals surface area (Å²) in [5.74, 6) is 1.38. The number of hydrogen-bond acceptors (Lipinski definition) is 3. The van der Waals surface area contributed by atoms with Gasteiger partial charge in [-0.1, -0.05) is 50.1 Å². The van der Waals surface area contributed by atoms with E-state index in [2.05, 4.69) is 47.2 Å². The first-order valence-corrected chi connectivity index (χ1v) is 15.0. The zero-order chi connectivity index (χ0) is 27.4. The van der Waals surface area contributed by atoms with Gasteiger partial charge in [0.05, 0.1) is 0 Å². The molecule has 2 fully saturated rings. The summed E-state index contributed by atoms with van der Waals surface area (Å²) < 4.78 is 0. The highest BCUT2D eigenvalue weighted by Crippen LogP contribution is 2.38. The summed E-state index contributed by atoms with van der Waals surface area (Å²) in [6, 6.07) is 14.7. The Morgan fingerprint density at radius 1 is 0.974 bits per heavy atom. The van der Waals surface area contributed by atoms with Crippen LogP contribution >= 0.6 is 0 Å². The quantitative estimate of drug-likeness (QED) is 0.485. The van der Waals surface area contributed by atoms with Crippen LogP contribution in [0, 0.1) is 18.8 Å². The minimum absolute atomic E-state index is 0.0714. The van der Waals surface area contributed by atoms with E-state index < -0.39 is 0 Å². The Labute approximate surface area is 233 Å². The molecule has 2 aromatic carbocycles. The summed E-state index contributed by atoms with van der Waals surface area (Å²) in [6.45, 7) is 10.3. The maximum Gasteiger partial charge on any atom is 0.278 e. The molecule has 6 heteroatoms. The van der Waals surface area contributed by atoms with Crippen LogP contribution in [-0.2, 0) is 17.8 Å². The zero-order valence-corrected chi connectivity index (χ0v) is 23.9. The molecule has 2 aromatic rings. The Morgan fingerprint density at radius 3 is 2.38 bits per heavy atom. The van der Waals surface area contributed by atoms with Crippen molar-refractivity contribution >= 4 is 23.3 Å². The fraction of sp³-hybridized carbons (Fsp3) is 0.545. The molecular weight excluding hydrogens is 484 g/mol. The van der Waals surface area contributed by atoms with E-state index in [-0.39, 0.29) is 23.8 Å². The van der Waals surface area contributed by atoms with Gasteiger partial charge in [0.15, 0.2) is 0 Å². The highest BCUT2D eigenvalue weighted by atomic mass is 16.2. The topological polar surface area (TPSA) is 65.0 Å². The second-order valence-electron chi connectivity index (χ2n) is 12.2. The minimum Gasteiger partial charge on any atom is -0.356 e. The van der Waals surface area contributed by atoms with Crippen molar-refractivity contribution in [1.82, 2.24) is 10.2 Å². The molecule has 3 aliphatic rings. The number of nitrogens with zero attached hydrogens (tertiary/aromatic N) is 3. The minimum atomic E-state index is -0.182. The Morgan fingerprint density at radius 2 is 1.69 bits per heavy atom. The summed E-state index contributed by atoms with van der Waals surface area (Å²) in [5.41, 5.74) is 5.52. The average molecular weight is 529 g/mol. The molecule has 208 valence electrons. The fourth-order valence-electron chi connectivity index (χ4n) is 6.28. The molecule has 0 radical (unpaired) electrons. The highest BCUT2D eigenvalue weighted by Gasteiger charge is 2.36. The molecule has 1 saturated carbocycles. The first-order valence-electron chi connectivity index (χ1n) is 15.0. The molecule has 1 N–H and O–H groups in total. The van der Waals surface area contributed by atoms with Crippen LogP contribution in [0.1, 0.15) is 85.8 Å². The number of aryl methyl sites for hydroxylation is 1. The molecule has 2 aliphatic heterocycles. The van der Waals surface area contributed by atoms with E-state index in [1.165, 1.54) is 49.2 Å². The van der Waals surface area contributed by atoms with Crippen LogP contribution in [0.2, 0.25) is 0 Å². The van der Waals surface area contributed by atoms with E-state index in [0.29, 0.717) is 17.9 Å². The van der Waals surface area contributed by atoms with E-state index in [9.17, 15) is 9.59 Å². The maximum atomic E-state index is 13.2. The number of benzene rings is 2. The number of nitrogens with one attached hydrogen (secondary N) is 1. The predicted molar refractivity (Wildman–Crippen MR) is 158 cm³/mol. The third kappa shape index (κ3) is 6.78. The highest BCUT2D eigenvalue weighted by molar-refractivity contribution is 6.12. The number of anilines is 1. The Hall–Kier alpha value is -2.99. The van der Waals surface area contributed by atoms with Crippen LogP contribution in [0.3, 0.4) is 0 Å². The average Bonchev–Trinajstić information content (AvgIpc) is 3.29. The summed E-state index contributed by atoms with van der Waals surface area (Å²) in [4.78, 5) is 35.6. The third-order valence-electron chi connectivity index (χ3n) is 8.54. The van der Waals surface area contributed by atoms with Crippen molar-refractivity contribution in [3.8, 4) is 0 Å². The normalized spacial score (nSPS) is 22.8. The predicted octanol–water partition coefficient (Wildman–Crippen LogP) is 5.91. The molecule has 2 heterocycles. The maximum absolute atomic E-state index is 13.2. The molecular formula is C33H44N4O2. The molecule has 0 bridgehead atoms. The van der Waals surface area contributed by atoms with E-state index in [1.54, 1.807) is 0 Å². The zero-order valence-electron chi connectivity index (χ0n) is 23.9. The fourth-order valence-corrected chi connectivity index (χ4v) is 6.28. The van der Waals surface area contributed by atoms with Gasteiger partial charge < -0.3 is 10.2 Å². The molecule has 0 atom stereocenters. The molecule has 39 heavy (non-hydrogen) atoms. The number of likely N-dealkylation sites (tertiary alicyclic amines) is 1. The molecule has 0 unspecified atom stereocenters. The lowest BCUT2D eigenvalue weighted by molar-refractivity contribution is -0.126. The number of carbonyl (C=O) groups excluding carboxylic acids is 2. The Bertz CT molecular complexity index is 1190. The van der Waals surface area contributed by atoms with Crippen molar-refractivity contribution in [3.05, 3.63) is 64.7 Å². The van der Waals surface area contributed by atoms with Crippen LogP contribution in [0.4, 0.5) is 5.69 Å². The van der Waals surface area contributed by atoms with Crippen LogP contribution in [-0.4, -0.2) is 48.2 Å². The van der Waals surface area contributed by atoms with Crippen LogP contribution in [0.25, 0.3) is 0 Å². The first kappa shape index (κ1) is 27.6. The SMILES string of the molecule is Cc1ccc(C(=O)N=C2Cc3ccc(CN4CCCCC4)cc3N2C2CCC(C(=O)NCC(C)C)CC2)cc1. The molecule has 5 rings (SSSR count). The molecule has 6 nitrogen and oxygen atoms in total. The Balaban J connectivity index is 1.37. The molecule has 0 aromatic heterocycles. The van der Waals surface area contributed by atoms with Crippen LogP contribution in [0.5, 0.6) is 0 Å². The van der Waals surface area contributed by atoms with Gasteiger partial charge in [-0.05, 0) is 93.8 Å². The number of piperidine rings is 1. The number of hydrogen-bond donors (Lipinski definition) is 1. The van der Waals surface area contributed by atoms with Crippen molar-refractivity contribution in [2.45, 2.75) is 84.7 Å². The van der Waals surface area contributed by atoms with E-state index >= 15 is 0 Å². The lowest BCUT2D eigenvalue weighted by Gasteiger charge is -2.36. The number of aliphatic imine (C=N–C) groups is 1. The number of amides is 2. The van der Waals surface area contributed by atoms with Gasteiger partial charge in [-0.25, -0.2) is 0 Å². The van der Waals surface area contributed by atoms with Crippen LogP contribution < -0.4 is 10.2 Å². The lowest BCUT2D eigenvalue weighted by Crippen LogP contribution is -2.43. The Kier molecular flexibility index (Phi) is 8.81. The van der Waals surface area contributed by atoms with Crippen molar-refractivity contribution in [2.24, 2.45) is 16.8 Å². The lowest BCUT2D eigenvalue weighted by atomic mass is 9.84. The second kappa shape index (κ2) is 12.5. The first-order chi connectivity index (χ1) is 18.9. The van der Waals surface area contributed by atoms with Crippen molar-refractivity contribution in [3.63, 3.8) is 0 Å². The monoisotopic (exact) mass is 528 g/mol. The molecule has 1 saturated heterocycles. The largest absolute Gasteiger partial charge is 0.356 e. The number of carbonyl (C=O) groups is 2. The van der Waals surface area contributed by atoms with Gasteiger partial charge in [-0.2, -0.15) is 4.99 Å². The van der Waals surface area contributed by atoms with E-state index in [1.807, 2.05) is 31.2 Å². The number of rotatable bonds is 7.